The first kappa shape index (κ1) is 15.0. The number of hydrogen-bond acceptors (Lipinski definition) is 5. The summed E-state index contributed by atoms with van der Waals surface area (Å²) in [6.07, 6.45) is 0. The second-order valence-electron chi connectivity index (χ2n) is 4.42. The fourth-order valence-corrected chi connectivity index (χ4v) is 1.55. The van der Waals surface area contributed by atoms with Gasteiger partial charge in [0.15, 0.2) is 6.73 Å². The van der Waals surface area contributed by atoms with Crippen LogP contribution in [0.3, 0.4) is 0 Å². The first-order chi connectivity index (χ1) is 10.7. The van der Waals surface area contributed by atoms with E-state index in [0.29, 0.717) is 22.6 Å². The highest BCUT2D eigenvalue weighted by atomic mass is 16.5. The van der Waals surface area contributed by atoms with Crippen LogP contribution in [0.5, 0.6) is 5.75 Å². The highest BCUT2D eigenvalue weighted by Gasteiger charge is 1.98. The van der Waals surface area contributed by atoms with Gasteiger partial charge in [-0.2, -0.15) is 10.5 Å². The lowest BCUT2D eigenvalue weighted by atomic mass is 10.2. The minimum absolute atomic E-state index is 0.228. The van der Waals surface area contributed by atoms with Crippen molar-refractivity contribution in [1.82, 2.24) is 5.01 Å². The Bertz CT molecular complexity index is 723. The van der Waals surface area contributed by atoms with Crippen LogP contribution in [0, 0.1) is 22.7 Å². The van der Waals surface area contributed by atoms with E-state index in [1.165, 1.54) is 5.01 Å². The quantitative estimate of drug-likeness (QED) is 0.480. The molecule has 6 heteroatoms. The van der Waals surface area contributed by atoms with Crippen molar-refractivity contribution in [2.24, 2.45) is 10.3 Å². The molecule has 0 heterocycles. The second kappa shape index (κ2) is 7.41. The highest BCUT2D eigenvalue weighted by Crippen LogP contribution is 2.14. The molecule has 0 saturated carbocycles. The molecule has 0 amide bonds. The van der Waals surface area contributed by atoms with E-state index in [2.05, 4.69) is 10.3 Å². The zero-order chi connectivity index (χ0) is 15.8. The fourth-order valence-electron chi connectivity index (χ4n) is 1.55. The smallest absolute Gasteiger partial charge is 0.177 e. The normalized spacial score (nSPS) is 9.95. The van der Waals surface area contributed by atoms with Gasteiger partial charge in [-0.25, -0.2) is 5.01 Å². The summed E-state index contributed by atoms with van der Waals surface area (Å²) in [5, 5.41) is 27.0. The van der Waals surface area contributed by atoms with Gasteiger partial charge in [0, 0.05) is 7.05 Å². The molecule has 2 aromatic rings. The largest absolute Gasteiger partial charge is 0.472 e. The average Bonchev–Trinajstić information content (AvgIpc) is 2.59. The Hall–Kier alpha value is -3.38. The van der Waals surface area contributed by atoms with Crippen molar-refractivity contribution in [3.63, 3.8) is 0 Å². The molecule has 0 spiro atoms. The molecule has 0 saturated heterocycles. The van der Waals surface area contributed by atoms with Crippen molar-refractivity contribution in [1.29, 1.82) is 10.5 Å². The summed E-state index contributed by atoms with van der Waals surface area (Å²) in [5.74, 6) is 0.652. The van der Waals surface area contributed by atoms with Crippen molar-refractivity contribution in [3.8, 4) is 17.9 Å². The molecule has 0 radical (unpaired) electrons. The lowest BCUT2D eigenvalue weighted by Gasteiger charge is -2.12. The first-order valence-corrected chi connectivity index (χ1v) is 6.47. The average molecular weight is 291 g/mol. The van der Waals surface area contributed by atoms with Crippen LogP contribution in [-0.2, 0) is 0 Å². The number of benzene rings is 2. The molecule has 22 heavy (non-hydrogen) atoms. The first-order valence-electron chi connectivity index (χ1n) is 6.47. The van der Waals surface area contributed by atoms with Gasteiger partial charge in [-0.1, -0.05) is 5.22 Å². The van der Waals surface area contributed by atoms with E-state index in [9.17, 15) is 0 Å². The summed E-state index contributed by atoms with van der Waals surface area (Å²) in [6, 6.07) is 17.7. The Balaban J connectivity index is 1.86. The predicted octanol–water partition coefficient (Wildman–Crippen LogP) is 3.40. The Labute approximate surface area is 128 Å². The van der Waals surface area contributed by atoms with Gasteiger partial charge in [0.2, 0.25) is 0 Å². The van der Waals surface area contributed by atoms with Crippen molar-refractivity contribution >= 4 is 5.69 Å². The molecular weight excluding hydrogens is 278 g/mol. The lowest BCUT2D eigenvalue weighted by molar-refractivity contribution is 0.149. The van der Waals surface area contributed by atoms with E-state index < -0.39 is 0 Å². The van der Waals surface area contributed by atoms with E-state index in [-0.39, 0.29) is 6.73 Å². The van der Waals surface area contributed by atoms with E-state index in [4.69, 9.17) is 15.3 Å². The summed E-state index contributed by atoms with van der Waals surface area (Å²) in [7, 11) is 1.73. The number of rotatable bonds is 5. The van der Waals surface area contributed by atoms with Gasteiger partial charge in [0.1, 0.15) is 5.75 Å². The van der Waals surface area contributed by atoms with E-state index in [1.807, 2.05) is 12.1 Å². The van der Waals surface area contributed by atoms with Crippen molar-refractivity contribution in [2.75, 3.05) is 13.8 Å². The molecule has 0 aromatic heterocycles. The molecule has 108 valence electrons. The van der Waals surface area contributed by atoms with Crippen LogP contribution in [0.2, 0.25) is 0 Å². The number of nitriles is 2. The summed E-state index contributed by atoms with van der Waals surface area (Å²) in [6.45, 7) is 0.228. The molecule has 0 aliphatic rings. The zero-order valence-corrected chi connectivity index (χ0v) is 12.0. The zero-order valence-electron chi connectivity index (χ0n) is 12.0. The topological polar surface area (TPSA) is 84.8 Å². The molecule has 0 atom stereocenters. The van der Waals surface area contributed by atoms with Gasteiger partial charge in [-0.05, 0) is 48.5 Å². The lowest BCUT2D eigenvalue weighted by Crippen LogP contribution is -2.17. The summed E-state index contributed by atoms with van der Waals surface area (Å²) >= 11 is 0. The number of hydrogen-bond donors (Lipinski definition) is 0. The molecule has 2 rings (SSSR count). The summed E-state index contributed by atoms with van der Waals surface area (Å²) in [5.41, 5.74) is 1.82. The van der Waals surface area contributed by atoms with E-state index >= 15 is 0 Å². The standard InChI is InChI=1S/C16H13N5O/c1-21(12-22-16-8-4-14(11-18)5-9-16)20-19-15-6-2-13(10-17)3-7-15/h2-9H,12H2,1H3. The molecule has 0 aliphatic carbocycles. The van der Waals surface area contributed by atoms with Gasteiger partial charge >= 0.3 is 0 Å². The predicted molar refractivity (Wildman–Crippen MR) is 80.1 cm³/mol. The Morgan fingerprint density at radius 1 is 0.955 bits per heavy atom. The molecular formula is C16H13N5O. The Morgan fingerprint density at radius 3 is 2.05 bits per heavy atom. The second-order valence-corrected chi connectivity index (χ2v) is 4.42. The van der Waals surface area contributed by atoms with Crippen LogP contribution in [0.1, 0.15) is 11.1 Å². The third-order valence-corrected chi connectivity index (χ3v) is 2.71. The van der Waals surface area contributed by atoms with E-state index in [0.717, 1.165) is 0 Å². The third-order valence-electron chi connectivity index (χ3n) is 2.71. The summed E-state index contributed by atoms with van der Waals surface area (Å²) in [4.78, 5) is 0. The summed E-state index contributed by atoms with van der Waals surface area (Å²) < 4.78 is 5.51. The van der Waals surface area contributed by atoms with Crippen molar-refractivity contribution in [2.45, 2.75) is 0 Å². The maximum Gasteiger partial charge on any atom is 0.177 e. The maximum atomic E-state index is 8.71. The molecule has 0 bridgehead atoms. The van der Waals surface area contributed by atoms with Crippen LogP contribution in [0.25, 0.3) is 0 Å². The van der Waals surface area contributed by atoms with Crippen LogP contribution in [0.4, 0.5) is 5.69 Å². The molecule has 0 aliphatic heterocycles. The molecule has 0 fully saturated rings. The monoisotopic (exact) mass is 291 g/mol. The maximum absolute atomic E-state index is 8.71. The van der Waals surface area contributed by atoms with Gasteiger partial charge < -0.3 is 4.74 Å². The van der Waals surface area contributed by atoms with Crippen LogP contribution >= 0.6 is 0 Å². The van der Waals surface area contributed by atoms with Crippen LogP contribution < -0.4 is 4.74 Å². The molecule has 6 nitrogen and oxygen atoms in total. The Morgan fingerprint density at radius 2 is 1.50 bits per heavy atom. The van der Waals surface area contributed by atoms with Gasteiger partial charge in [-0.15, -0.1) is 5.11 Å². The third kappa shape index (κ3) is 4.32. The van der Waals surface area contributed by atoms with Gasteiger partial charge in [0.05, 0.1) is 29.0 Å². The van der Waals surface area contributed by atoms with Crippen LogP contribution in [0.15, 0.2) is 58.9 Å². The van der Waals surface area contributed by atoms with Gasteiger partial charge in [-0.3, -0.25) is 0 Å². The van der Waals surface area contributed by atoms with Crippen LogP contribution in [-0.4, -0.2) is 18.8 Å². The van der Waals surface area contributed by atoms with Crippen molar-refractivity contribution in [3.05, 3.63) is 59.7 Å². The molecule has 2 aromatic carbocycles. The number of ether oxygens (including phenoxy) is 1. The van der Waals surface area contributed by atoms with Crippen molar-refractivity contribution < 1.29 is 4.74 Å². The molecule has 0 N–H and O–H groups in total. The van der Waals surface area contributed by atoms with Gasteiger partial charge in [0.25, 0.3) is 0 Å². The molecule has 0 unspecified atom stereocenters. The highest BCUT2D eigenvalue weighted by molar-refractivity contribution is 5.41. The Kier molecular flexibility index (Phi) is 5.06. The fraction of sp³-hybridized carbons (Fsp3) is 0.125. The SMILES string of the molecule is CN(COc1ccc(C#N)cc1)N=Nc1ccc(C#N)cc1. The minimum Gasteiger partial charge on any atom is -0.472 e. The van der Waals surface area contributed by atoms with E-state index in [1.54, 1.807) is 55.6 Å². The minimum atomic E-state index is 0.228. The number of nitrogens with zero attached hydrogens (tertiary/aromatic N) is 5.